The summed E-state index contributed by atoms with van der Waals surface area (Å²) in [5, 5.41) is 9.95. The molecule has 3 rings (SSSR count). The Labute approximate surface area is 186 Å². The lowest BCUT2D eigenvalue weighted by atomic mass is 10.0. The molecule has 30 heavy (non-hydrogen) atoms. The van der Waals surface area contributed by atoms with Gasteiger partial charge in [0.05, 0.1) is 16.9 Å². The Kier molecular flexibility index (Phi) is 5.99. The first-order chi connectivity index (χ1) is 13.8. The minimum absolute atomic E-state index is 0.0385. The average molecular weight is 468 g/mol. The van der Waals surface area contributed by atoms with Crippen molar-refractivity contribution in [2.45, 2.75) is 51.7 Å². The first-order valence-electron chi connectivity index (χ1n) is 9.35. The Morgan fingerprint density at radius 1 is 1.30 bits per heavy atom. The first kappa shape index (κ1) is 22.7. The van der Waals surface area contributed by atoms with Gasteiger partial charge in [0.1, 0.15) is 0 Å². The molecule has 1 unspecified atom stereocenters. The number of carboxylic acid groups (broad SMARTS) is 1. The van der Waals surface area contributed by atoms with E-state index in [-0.39, 0.29) is 16.9 Å². The molecule has 1 amide bonds. The summed E-state index contributed by atoms with van der Waals surface area (Å²) in [6, 6.07) is 5.18. The van der Waals surface area contributed by atoms with E-state index < -0.39 is 26.4 Å². The van der Waals surface area contributed by atoms with Crippen LogP contribution in [0.3, 0.4) is 0 Å². The molecule has 0 radical (unpaired) electrons. The highest BCUT2D eigenvalue weighted by atomic mass is 35.5. The summed E-state index contributed by atoms with van der Waals surface area (Å²) in [4.78, 5) is 34.4. The van der Waals surface area contributed by atoms with Crippen LogP contribution in [0.1, 0.15) is 36.7 Å². The topological polar surface area (TPSA) is 92.6 Å². The number of carbonyl (C=O) groups is 2. The van der Waals surface area contributed by atoms with Crippen LogP contribution in [-0.4, -0.2) is 46.4 Å². The Hall–Kier alpha value is -2.00. The molecule has 0 fully saturated rings. The molecule has 1 aromatic heterocycles. The maximum absolute atomic E-state index is 13.1. The third kappa shape index (κ3) is 4.23. The largest absolute Gasteiger partial charge is 0.478 e. The Balaban J connectivity index is 1.95. The van der Waals surface area contributed by atoms with Crippen LogP contribution in [0.15, 0.2) is 24.4 Å². The van der Waals surface area contributed by atoms with Crippen LogP contribution in [0.4, 0.5) is 0 Å². The zero-order chi connectivity index (χ0) is 22.4. The van der Waals surface area contributed by atoms with Crippen LogP contribution < -0.4 is 0 Å². The lowest BCUT2D eigenvalue weighted by molar-refractivity contribution is -0.153. The van der Waals surface area contributed by atoms with Crippen LogP contribution in [-0.2, 0) is 15.8 Å². The number of benzene rings is 1. The third-order valence-corrected chi connectivity index (χ3v) is 10.5. The summed E-state index contributed by atoms with van der Waals surface area (Å²) in [6.07, 6.45) is 0.0347. The van der Waals surface area contributed by atoms with Gasteiger partial charge in [0.2, 0.25) is 11.5 Å². The second kappa shape index (κ2) is 7.92. The molecule has 0 bridgehead atoms. The molecular weight excluding hydrogens is 445 g/mol. The van der Waals surface area contributed by atoms with Gasteiger partial charge in [-0.25, -0.2) is 14.8 Å². The van der Waals surface area contributed by atoms with Crippen LogP contribution in [0.2, 0.25) is 28.4 Å². The van der Waals surface area contributed by atoms with Crippen molar-refractivity contribution in [1.82, 2.24) is 14.9 Å². The van der Waals surface area contributed by atoms with Gasteiger partial charge in [-0.05, 0) is 41.4 Å². The number of rotatable bonds is 5. The van der Waals surface area contributed by atoms with Crippen molar-refractivity contribution in [2.24, 2.45) is 0 Å². The molecule has 1 aliphatic rings. The normalized spacial score (nSPS) is 15.3. The van der Waals surface area contributed by atoms with E-state index in [4.69, 9.17) is 27.6 Å². The maximum atomic E-state index is 13.1. The second-order valence-corrected chi connectivity index (χ2v) is 14.2. The highest BCUT2D eigenvalue weighted by molar-refractivity contribution is 6.74. The number of amides is 1. The van der Waals surface area contributed by atoms with Gasteiger partial charge in [-0.3, -0.25) is 9.69 Å². The molecule has 0 aliphatic carbocycles. The van der Waals surface area contributed by atoms with E-state index in [1.54, 1.807) is 18.2 Å². The quantitative estimate of drug-likeness (QED) is 0.499. The molecule has 1 N–H and O–H groups in total. The predicted octanol–water partition coefficient (Wildman–Crippen LogP) is 4.84. The summed E-state index contributed by atoms with van der Waals surface area (Å²) in [5.74, 6) is -1.60. The fraction of sp³-hybridized carbons (Fsp3) is 0.400. The van der Waals surface area contributed by atoms with E-state index in [0.29, 0.717) is 27.4 Å². The molecule has 0 saturated heterocycles. The number of halogens is 2. The van der Waals surface area contributed by atoms with Crippen molar-refractivity contribution in [3.63, 3.8) is 0 Å². The van der Waals surface area contributed by atoms with Crippen LogP contribution in [0, 0.1) is 0 Å². The number of carbonyl (C=O) groups excluding carboxylic acids is 1. The van der Waals surface area contributed by atoms with E-state index in [1.165, 1.54) is 11.1 Å². The maximum Gasteiger partial charge on any atom is 0.353 e. The average Bonchev–Trinajstić information content (AvgIpc) is 2.96. The lowest BCUT2D eigenvalue weighted by Gasteiger charge is -2.40. The van der Waals surface area contributed by atoms with Gasteiger partial charge in [-0.1, -0.05) is 44.5 Å². The van der Waals surface area contributed by atoms with E-state index in [2.05, 4.69) is 9.97 Å². The molecule has 160 valence electrons. The van der Waals surface area contributed by atoms with E-state index in [0.717, 1.165) is 0 Å². The monoisotopic (exact) mass is 467 g/mol. The van der Waals surface area contributed by atoms with Gasteiger partial charge in [-0.2, -0.15) is 0 Å². The van der Waals surface area contributed by atoms with Crippen LogP contribution in [0.5, 0.6) is 0 Å². The fourth-order valence-electron chi connectivity index (χ4n) is 2.91. The van der Waals surface area contributed by atoms with Gasteiger partial charge in [0.25, 0.3) is 5.91 Å². The number of aromatic nitrogens is 2. The standard InChI is InChI=1S/C20H23Cl2N3O4Si/c1-20(2,3)30(4,5)29-17(18(27)28)25-10-12-7-6-11(8-13(12)16(25)26)15-14(21)9-23-19(22)24-15/h6-9,17H,10H2,1-5H3,(H,27,28). The molecule has 0 saturated carbocycles. The van der Waals surface area contributed by atoms with E-state index in [9.17, 15) is 14.7 Å². The summed E-state index contributed by atoms with van der Waals surface area (Å²) in [5.41, 5.74) is 2.10. The third-order valence-electron chi connectivity index (χ3n) is 5.64. The smallest absolute Gasteiger partial charge is 0.353 e. The van der Waals surface area contributed by atoms with Crippen LogP contribution in [0.25, 0.3) is 11.3 Å². The van der Waals surface area contributed by atoms with Crippen LogP contribution >= 0.6 is 23.2 Å². The van der Waals surface area contributed by atoms with Crippen molar-refractivity contribution >= 4 is 43.4 Å². The molecule has 10 heteroatoms. The van der Waals surface area contributed by atoms with Gasteiger partial charge in [-0.15, -0.1) is 0 Å². The number of hydrogen-bond donors (Lipinski definition) is 1. The molecule has 2 aromatic rings. The number of aliphatic carboxylic acids is 1. The summed E-state index contributed by atoms with van der Waals surface area (Å²) in [7, 11) is -2.43. The fourth-order valence-corrected chi connectivity index (χ4v) is 4.38. The van der Waals surface area contributed by atoms with Gasteiger partial charge in [0, 0.05) is 17.7 Å². The second-order valence-electron chi connectivity index (χ2n) is 8.71. The van der Waals surface area contributed by atoms with Crippen molar-refractivity contribution in [3.8, 4) is 11.3 Å². The minimum Gasteiger partial charge on any atom is -0.478 e. The molecule has 7 nitrogen and oxygen atoms in total. The number of carboxylic acids is 1. The highest BCUT2D eigenvalue weighted by Crippen LogP contribution is 2.39. The Morgan fingerprint density at radius 2 is 1.97 bits per heavy atom. The number of nitrogens with zero attached hydrogens (tertiary/aromatic N) is 3. The molecule has 1 atom stereocenters. The Bertz CT molecular complexity index is 1020. The Morgan fingerprint density at radius 3 is 2.57 bits per heavy atom. The van der Waals surface area contributed by atoms with E-state index in [1.807, 2.05) is 33.9 Å². The molecule has 2 heterocycles. The summed E-state index contributed by atoms with van der Waals surface area (Å²) >= 11 is 12.1. The van der Waals surface area contributed by atoms with Gasteiger partial charge >= 0.3 is 5.97 Å². The molecular formula is C20H23Cl2N3O4Si. The van der Waals surface area contributed by atoms with Crippen molar-refractivity contribution in [3.05, 3.63) is 45.8 Å². The zero-order valence-electron chi connectivity index (χ0n) is 17.4. The van der Waals surface area contributed by atoms with Gasteiger partial charge in [0.15, 0.2) is 8.32 Å². The van der Waals surface area contributed by atoms with Gasteiger partial charge < -0.3 is 9.53 Å². The van der Waals surface area contributed by atoms with Crippen molar-refractivity contribution in [2.75, 3.05) is 0 Å². The zero-order valence-corrected chi connectivity index (χ0v) is 19.9. The number of hydrogen-bond acceptors (Lipinski definition) is 5. The summed E-state index contributed by atoms with van der Waals surface area (Å²) < 4.78 is 6.08. The van der Waals surface area contributed by atoms with Crippen molar-refractivity contribution in [1.29, 1.82) is 0 Å². The number of fused-ring (bicyclic) bond motifs is 1. The highest BCUT2D eigenvalue weighted by Gasteiger charge is 2.45. The van der Waals surface area contributed by atoms with Crippen molar-refractivity contribution < 1.29 is 19.1 Å². The molecule has 1 aliphatic heterocycles. The first-order valence-corrected chi connectivity index (χ1v) is 13.0. The summed E-state index contributed by atoms with van der Waals surface area (Å²) in [6.45, 7) is 10.1. The minimum atomic E-state index is -2.43. The molecule has 1 aromatic carbocycles. The predicted molar refractivity (Wildman–Crippen MR) is 117 cm³/mol. The lowest BCUT2D eigenvalue weighted by Crippen LogP contribution is -2.52. The molecule has 0 spiro atoms. The van der Waals surface area contributed by atoms with E-state index >= 15 is 0 Å². The SMILES string of the molecule is CC(C)(C)[Si](C)(C)OC(C(=O)O)N1Cc2ccc(-c3nc(Cl)ncc3Cl)cc2C1=O.